The van der Waals surface area contributed by atoms with Gasteiger partial charge in [0.25, 0.3) is 5.91 Å². The molecule has 0 spiro atoms. The van der Waals surface area contributed by atoms with Crippen molar-refractivity contribution in [1.29, 1.82) is 0 Å². The summed E-state index contributed by atoms with van der Waals surface area (Å²) < 4.78 is 18.8. The minimum Gasteiger partial charge on any atom is -0.363 e. The van der Waals surface area contributed by atoms with Gasteiger partial charge in [0.15, 0.2) is 0 Å². The van der Waals surface area contributed by atoms with Crippen LogP contribution in [0.3, 0.4) is 0 Å². The van der Waals surface area contributed by atoms with E-state index in [9.17, 15) is 9.18 Å². The van der Waals surface area contributed by atoms with Gasteiger partial charge in [0.2, 0.25) is 0 Å². The van der Waals surface area contributed by atoms with Crippen molar-refractivity contribution in [3.63, 3.8) is 0 Å². The molecule has 0 heterocycles. The van der Waals surface area contributed by atoms with Gasteiger partial charge in [-0.2, -0.15) is 0 Å². The van der Waals surface area contributed by atoms with Crippen molar-refractivity contribution < 1.29 is 13.9 Å². The van der Waals surface area contributed by atoms with Crippen molar-refractivity contribution in [2.75, 3.05) is 5.32 Å². The summed E-state index contributed by atoms with van der Waals surface area (Å²) in [5.41, 5.74) is -0.242. The van der Waals surface area contributed by atoms with E-state index in [-0.39, 0.29) is 11.6 Å². The maximum Gasteiger partial charge on any atom is 0.253 e. The van der Waals surface area contributed by atoms with Crippen LogP contribution in [-0.2, 0) is 9.53 Å². The average Bonchev–Trinajstić information content (AvgIpc) is 2.18. The quantitative estimate of drug-likeness (QED) is 0.880. The number of nitrogens with one attached hydrogen (secondary N) is 1. The molecule has 0 saturated carbocycles. The van der Waals surface area contributed by atoms with Crippen molar-refractivity contribution in [1.82, 2.24) is 0 Å². The van der Waals surface area contributed by atoms with Crippen molar-refractivity contribution in [2.45, 2.75) is 39.4 Å². The van der Waals surface area contributed by atoms with E-state index in [0.29, 0.717) is 0 Å². The van der Waals surface area contributed by atoms with Gasteiger partial charge >= 0.3 is 0 Å². The van der Waals surface area contributed by atoms with Crippen molar-refractivity contribution in [3.8, 4) is 0 Å². The Kier molecular flexibility index (Phi) is 4.23. The molecule has 1 aromatic rings. The van der Waals surface area contributed by atoms with Crippen LogP contribution in [0.25, 0.3) is 0 Å². The maximum absolute atomic E-state index is 13.3. The van der Waals surface area contributed by atoms with Crippen LogP contribution >= 0.6 is 0 Å². The maximum atomic E-state index is 13.3. The Balaban J connectivity index is 2.64. The fraction of sp³-hybridized carbons (Fsp3) is 0.462. The van der Waals surface area contributed by atoms with E-state index < -0.39 is 17.5 Å². The molecule has 1 atom stereocenters. The summed E-state index contributed by atoms with van der Waals surface area (Å²) in [6, 6.07) is 6.04. The molecule has 3 nitrogen and oxygen atoms in total. The average molecular weight is 239 g/mol. The molecule has 4 heteroatoms. The number of anilines is 1. The molecule has 0 saturated heterocycles. The lowest BCUT2D eigenvalue weighted by atomic mass is 10.2. The number of benzene rings is 1. The number of carbonyl (C=O) groups excluding carboxylic acids is 1. The zero-order chi connectivity index (χ0) is 13.1. The van der Waals surface area contributed by atoms with Gasteiger partial charge in [0.1, 0.15) is 11.9 Å². The fourth-order valence-corrected chi connectivity index (χ4v) is 1.38. The van der Waals surface area contributed by atoms with Crippen molar-refractivity contribution in [3.05, 3.63) is 30.1 Å². The number of amides is 1. The first-order valence-electron chi connectivity index (χ1n) is 5.53. The number of hydrogen-bond acceptors (Lipinski definition) is 2. The molecule has 0 radical (unpaired) electrons. The molecule has 1 N–H and O–H groups in total. The molecule has 0 fully saturated rings. The summed E-state index contributed by atoms with van der Waals surface area (Å²) in [5, 5.41) is 2.49. The van der Waals surface area contributed by atoms with Crippen LogP contribution in [0.4, 0.5) is 10.1 Å². The van der Waals surface area contributed by atoms with Gasteiger partial charge in [0, 0.05) is 0 Å². The first kappa shape index (κ1) is 13.6. The van der Waals surface area contributed by atoms with E-state index in [0.717, 1.165) is 0 Å². The van der Waals surface area contributed by atoms with E-state index in [1.807, 2.05) is 20.8 Å². The summed E-state index contributed by atoms with van der Waals surface area (Å²) >= 11 is 0. The Morgan fingerprint density at radius 2 is 1.94 bits per heavy atom. The Bertz CT molecular complexity index is 399. The smallest absolute Gasteiger partial charge is 0.253 e. The zero-order valence-electron chi connectivity index (χ0n) is 10.6. The van der Waals surface area contributed by atoms with Gasteiger partial charge in [0.05, 0.1) is 11.3 Å². The van der Waals surface area contributed by atoms with Crippen LogP contribution in [0, 0.1) is 5.82 Å². The SMILES string of the molecule is CC(OC(C)(C)C)C(=O)Nc1ccccc1F. The standard InChI is InChI=1S/C13H18FNO2/c1-9(17-13(2,3)4)12(16)15-11-8-6-5-7-10(11)14/h5-9H,1-4H3,(H,15,16). The number of halogens is 1. The van der Waals surface area contributed by atoms with Gasteiger partial charge in [-0.25, -0.2) is 4.39 Å². The minimum absolute atomic E-state index is 0.168. The largest absolute Gasteiger partial charge is 0.363 e. The molecule has 0 aliphatic carbocycles. The molecule has 17 heavy (non-hydrogen) atoms. The van der Waals surface area contributed by atoms with Crippen molar-refractivity contribution >= 4 is 11.6 Å². The van der Waals surface area contributed by atoms with Gasteiger partial charge in [-0.15, -0.1) is 0 Å². The van der Waals surface area contributed by atoms with Gasteiger partial charge in [-0.1, -0.05) is 12.1 Å². The lowest BCUT2D eigenvalue weighted by Crippen LogP contribution is -2.34. The molecular weight excluding hydrogens is 221 g/mol. The normalized spacial score (nSPS) is 13.2. The number of hydrogen-bond donors (Lipinski definition) is 1. The third-order valence-corrected chi connectivity index (χ3v) is 2.03. The Morgan fingerprint density at radius 3 is 2.47 bits per heavy atom. The predicted molar refractivity (Wildman–Crippen MR) is 65.3 cm³/mol. The Hall–Kier alpha value is -1.42. The summed E-state index contributed by atoms with van der Waals surface area (Å²) in [6.45, 7) is 7.22. The van der Waals surface area contributed by atoms with Crippen LogP contribution in [-0.4, -0.2) is 17.6 Å². The number of ether oxygens (including phenoxy) is 1. The first-order valence-corrected chi connectivity index (χ1v) is 5.53. The highest BCUT2D eigenvalue weighted by atomic mass is 19.1. The van der Waals surface area contributed by atoms with E-state index in [1.54, 1.807) is 19.1 Å². The highest BCUT2D eigenvalue weighted by molar-refractivity contribution is 5.94. The second kappa shape index (κ2) is 5.27. The monoisotopic (exact) mass is 239 g/mol. The number of para-hydroxylation sites is 1. The number of rotatable bonds is 3. The second-order valence-corrected chi connectivity index (χ2v) is 4.84. The van der Waals surface area contributed by atoms with E-state index in [1.165, 1.54) is 12.1 Å². The fourth-order valence-electron chi connectivity index (χ4n) is 1.38. The van der Waals surface area contributed by atoms with Crippen LogP contribution in [0.5, 0.6) is 0 Å². The van der Waals surface area contributed by atoms with Gasteiger partial charge in [-0.3, -0.25) is 4.79 Å². The van der Waals surface area contributed by atoms with Crippen LogP contribution in [0.2, 0.25) is 0 Å². The van der Waals surface area contributed by atoms with Crippen LogP contribution in [0.1, 0.15) is 27.7 Å². The Labute approximate surface area is 101 Å². The van der Waals surface area contributed by atoms with Crippen LogP contribution < -0.4 is 5.32 Å². The molecule has 1 aromatic carbocycles. The topological polar surface area (TPSA) is 38.3 Å². The molecule has 0 aliphatic rings. The van der Waals surface area contributed by atoms with Gasteiger partial charge in [-0.05, 0) is 39.8 Å². The molecule has 0 aliphatic heterocycles. The summed E-state index contributed by atoms with van der Waals surface area (Å²) in [5.74, 6) is -0.811. The first-order chi connectivity index (χ1) is 7.79. The Morgan fingerprint density at radius 1 is 1.35 bits per heavy atom. The van der Waals surface area contributed by atoms with E-state index >= 15 is 0 Å². The predicted octanol–water partition coefficient (Wildman–Crippen LogP) is 2.97. The zero-order valence-corrected chi connectivity index (χ0v) is 10.6. The number of carbonyl (C=O) groups is 1. The molecule has 94 valence electrons. The molecule has 1 amide bonds. The molecule has 0 bridgehead atoms. The highest BCUT2D eigenvalue weighted by Gasteiger charge is 2.21. The molecular formula is C13H18FNO2. The second-order valence-electron chi connectivity index (χ2n) is 4.84. The molecule has 1 rings (SSSR count). The minimum atomic E-state index is -0.630. The summed E-state index contributed by atoms with van der Waals surface area (Å²) in [7, 11) is 0. The van der Waals surface area contributed by atoms with Crippen LogP contribution in [0.15, 0.2) is 24.3 Å². The third-order valence-electron chi connectivity index (χ3n) is 2.03. The van der Waals surface area contributed by atoms with Gasteiger partial charge < -0.3 is 10.1 Å². The summed E-state index contributed by atoms with van der Waals surface area (Å²) in [4.78, 5) is 11.7. The van der Waals surface area contributed by atoms with E-state index in [2.05, 4.69) is 5.32 Å². The molecule has 1 unspecified atom stereocenters. The lowest BCUT2D eigenvalue weighted by molar-refractivity contribution is -0.135. The van der Waals surface area contributed by atoms with E-state index in [4.69, 9.17) is 4.74 Å². The van der Waals surface area contributed by atoms with Crippen molar-refractivity contribution in [2.24, 2.45) is 0 Å². The lowest BCUT2D eigenvalue weighted by Gasteiger charge is -2.24. The third kappa shape index (κ3) is 4.53. The summed E-state index contributed by atoms with van der Waals surface area (Å²) in [6.07, 6.45) is -0.630. The molecule has 0 aromatic heterocycles. The highest BCUT2D eigenvalue weighted by Crippen LogP contribution is 2.15.